The first kappa shape index (κ1) is 16.6. The maximum Gasteiger partial charge on any atom is 0.277 e. The van der Waals surface area contributed by atoms with Crippen molar-refractivity contribution in [2.45, 2.75) is 12.6 Å². The summed E-state index contributed by atoms with van der Waals surface area (Å²) in [7, 11) is -0.389. The molecule has 1 aromatic heterocycles. The van der Waals surface area contributed by atoms with Crippen molar-refractivity contribution in [3.8, 4) is 0 Å². The van der Waals surface area contributed by atoms with Crippen molar-refractivity contribution < 1.29 is 13.2 Å². The number of nitrogens with zero attached hydrogens (tertiary/aromatic N) is 2. The van der Waals surface area contributed by atoms with Gasteiger partial charge < -0.3 is 4.74 Å². The SMILES string of the molecule is COCC(NS(=O)(=O)NCc1ccccc1)c1ccnn1C. The first-order valence-corrected chi connectivity index (χ1v) is 8.28. The molecule has 2 N–H and O–H groups in total. The number of ether oxygens (including phenoxy) is 1. The Labute approximate surface area is 130 Å². The highest BCUT2D eigenvalue weighted by Gasteiger charge is 2.21. The van der Waals surface area contributed by atoms with Gasteiger partial charge in [-0.2, -0.15) is 23.0 Å². The largest absolute Gasteiger partial charge is 0.383 e. The number of aryl methyl sites for hydroxylation is 1. The zero-order valence-electron chi connectivity index (χ0n) is 12.6. The summed E-state index contributed by atoms with van der Waals surface area (Å²) in [4.78, 5) is 0. The van der Waals surface area contributed by atoms with E-state index in [-0.39, 0.29) is 13.2 Å². The van der Waals surface area contributed by atoms with Gasteiger partial charge in [0.2, 0.25) is 0 Å². The first-order valence-electron chi connectivity index (χ1n) is 6.79. The van der Waals surface area contributed by atoms with E-state index in [4.69, 9.17) is 4.74 Å². The second-order valence-corrected chi connectivity index (χ2v) is 6.35. The first-order chi connectivity index (χ1) is 10.5. The lowest BCUT2D eigenvalue weighted by Gasteiger charge is -2.18. The van der Waals surface area contributed by atoms with Crippen molar-refractivity contribution in [1.29, 1.82) is 0 Å². The number of nitrogens with one attached hydrogen (secondary N) is 2. The highest BCUT2D eigenvalue weighted by Crippen LogP contribution is 2.13. The Morgan fingerprint density at radius 1 is 1.27 bits per heavy atom. The lowest BCUT2D eigenvalue weighted by molar-refractivity contribution is 0.172. The predicted molar refractivity (Wildman–Crippen MR) is 83.2 cm³/mol. The lowest BCUT2D eigenvalue weighted by Crippen LogP contribution is -2.40. The van der Waals surface area contributed by atoms with E-state index in [1.165, 1.54) is 7.11 Å². The molecule has 0 aliphatic rings. The topological polar surface area (TPSA) is 85.2 Å². The fraction of sp³-hybridized carbons (Fsp3) is 0.357. The summed E-state index contributed by atoms with van der Waals surface area (Å²) in [6.45, 7) is 0.438. The van der Waals surface area contributed by atoms with Crippen LogP contribution in [-0.4, -0.2) is 31.9 Å². The number of rotatable bonds is 8. The van der Waals surface area contributed by atoms with Gasteiger partial charge in [0.25, 0.3) is 10.2 Å². The molecule has 1 unspecified atom stereocenters. The van der Waals surface area contributed by atoms with E-state index < -0.39 is 16.3 Å². The maximum atomic E-state index is 12.2. The molecule has 1 heterocycles. The van der Waals surface area contributed by atoms with Gasteiger partial charge >= 0.3 is 0 Å². The van der Waals surface area contributed by atoms with Crippen LogP contribution in [0.25, 0.3) is 0 Å². The molecule has 22 heavy (non-hydrogen) atoms. The fourth-order valence-electron chi connectivity index (χ4n) is 2.08. The Bertz CT molecular complexity index is 685. The standard InChI is InChI=1S/C14H20N4O3S/c1-18-14(8-9-15-18)13(11-21-2)17-22(19,20)16-10-12-6-4-3-5-7-12/h3-9,13,16-17H,10-11H2,1-2H3. The minimum absolute atomic E-state index is 0.214. The molecule has 120 valence electrons. The van der Waals surface area contributed by atoms with E-state index in [1.807, 2.05) is 30.3 Å². The van der Waals surface area contributed by atoms with Gasteiger partial charge in [-0.05, 0) is 11.6 Å². The Morgan fingerprint density at radius 3 is 2.59 bits per heavy atom. The molecule has 0 bridgehead atoms. The predicted octanol–water partition coefficient (Wildman–Crippen LogP) is 0.732. The van der Waals surface area contributed by atoms with Gasteiger partial charge in [-0.1, -0.05) is 30.3 Å². The van der Waals surface area contributed by atoms with Crippen molar-refractivity contribution in [2.75, 3.05) is 13.7 Å². The van der Waals surface area contributed by atoms with Crippen molar-refractivity contribution in [3.63, 3.8) is 0 Å². The quantitative estimate of drug-likeness (QED) is 0.750. The number of benzene rings is 1. The summed E-state index contributed by atoms with van der Waals surface area (Å²) >= 11 is 0. The van der Waals surface area contributed by atoms with Crippen molar-refractivity contribution in [1.82, 2.24) is 19.2 Å². The zero-order chi connectivity index (χ0) is 16.0. The third kappa shape index (κ3) is 4.63. The molecule has 2 aromatic rings. The van der Waals surface area contributed by atoms with E-state index in [9.17, 15) is 8.42 Å². The normalized spacial score (nSPS) is 13.2. The van der Waals surface area contributed by atoms with Crippen LogP contribution < -0.4 is 9.44 Å². The molecule has 0 saturated heterocycles. The maximum absolute atomic E-state index is 12.2. The van der Waals surface area contributed by atoms with Crippen LogP contribution >= 0.6 is 0 Å². The van der Waals surface area contributed by atoms with Crippen LogP contribution in [0.1, 0.15) is 17.3 Å². The molecule has 2 rings (SSSR count). The molecule has 0 spiro atoms. The van der Waals surface area contributed by atoms with Crippen molar-refractivity contribution >= 4 is 10.2 Å². The molecule has 1 atom stereocenters. The summed E-state index contributed by atoms with van der Waals surface area (Å²) in [6, 6.07) is 10.6. The fourth-order valence-corrected chi connectivity index (χ4v) is 3.08. The van der Waals surface area contributed by atoms with Gasteiger partial charge in [-0.25, -0.2) is 0 Å². The molecule has 0 fully saturated rings. The van der Waals surface area contributed by atoms with E-state index in [0.29, 0.717) is 0 Å². The molecule has 8 heteroatoms. The Balaban J connectivity index is 2.03. The average Bonchev–Trinajstić information content (AvgIpc) is 2.92. The van der Waals surface area contributed by atoms with Crippen LogP contribution in [0.2, 0.25) is 0 Å². The van der Waals surface area contributed by atoms with Gasteiger partial charge in [-0.3, -0.25) is 4.68 Å². The van der Waals surface area contributed by atoms with Crippen LogP contribution in [0.15, 0.2) is 42.6 Å². The number of hydrogen-bond donors (Lipinski definition) is 2. The molecule has 7 nitrogen and oxygen atoms in total. The molecule has 1 aromatic carbocycles. The summed E-state index contributed by atoms with van der Waals surface area (Å²) in [6.07, 6.45) is 1.61. The van der Waals surface area contributed by atoms with Crippen LogP contribution in [0.5, 0.6) is 0 Å². The Kier molecular flexibility index (Phi) is 5.67. The van der Waals surface area contributed by atoms with Crippen molar-refractivity contribution in [2.24, 2.45) is 7.05 Å². The van der Waals surface area contributed by atoms with Gasteiger partial charge in [0.1, 0.15) is 0 Å². The number of hydrogen-bond acceptors (Lipinski definition) is 4. The molecule has 0 aliphatic heterocycles. The highest BCUT2D eigenvalue weighted by molar-refractivity contribution is 7.87. The number of methoxy groups -OCH3 is 1. The minimum atomic E-state index is -3.67. The zero-order valence-corrected chi connectivity index (χ0v) is 13.4. The Hall–Kier alpha value is -1.74. The van der Waals surface area contributed by atoms with E-state index in [0.717, 1.165) is 11.3 Å². The van der Waals surface area contributed by atoms with Gasteiger partial charge in [0.05, 0.1) is 18.3 Å². The van der Waals surface area contributed by atoms with Crippen LogP contribution in [0.3, 0.4) is 0 Å². The third-order valence-electron chi connectivity index (χ3n) is 3.16. The molecular formula is C14H20N4O3S. The summed E-state index contributed by atoms with van der Waals surface area (Å²) in [5.74, 6) is 0. The highest BCUT2D eigenvalue weighted by atomic mass is 32.2. The summed E-state index contributed by atoms with van der Waals surface area (Å²) < 4.78 is 36.2. The van der Waals surface area contributed by atoms with Gasteiger partial charge in [0.15, 0.2) is 0 Å². The lowest BCUT2D eigenvalue weighted by atomic mass is 10.2. The van der Waals surface area contributed by atoms with Gasteiger partial charge in [0, 0.05) is 26.9 Å². The minimum Gasteiger partial charge on any atom is -0.383 e. The molecule has 0 amide bonds. The van der Waals surface area contributed by atoms with Crippen molar-refractivity contribution in [3.05, 3.63) is 53.9 Å². The van der Waals surface area contributed by atoms with Crippen LogP contribution in [0.4, 0.5) is 0 Å². The molecule has 0 radical (unpaired) electrons. The molecule has 0 saturated carbocycles. The van der Waals surface area contributed by atoms with Gasteiger partial charge in [-0.15, -0.1) is 0 Å². The van der Waals surface area contributed by atoms with Crippen LogP contribution in [0, 0.1) is 0 Å². The monoisotopic (exact) mass is 324 g/mol. The second-order valence-electron chi connectivity index (χ2n) is 4.82. The van der Waals surface area contributed by atoms with E-state index in [2.05, 4.69) is 14.5 Å². The molecule has 0 aliphatic carbocycles. The summed E-state index contributed by atoms with van der Waals surface area (Å²) in [5.41, 5.74) is 1.61. The average molecular weight is 324 g/mol. The van der Waals surface area contributed by atoms with E-state index >= 15 is 0 Å². The third-order valence-corrected chi connectivity index (χ3v) is 4.27. The smallest absolute Gasteiger partial charge is 0.277 e. The van der Waals surface area contributed by atoms with E-state index in [1.54, 1.807) is 24.0 Å². The van der Waals surface area contributed by atoms with Crippen LogP contribution in [-0.2, 0) is 28.5 Å². The second kappa shape index (κ2) is 7.50. The Morgan fingerprint density at radius 2 is 2.00 bits per heavy atom. The summed E-state index contributed by atoms with van der Waals surface area (Å²) in [5, 5.41) is 4.05. The number of aromatic nitrogens is 2. The molecular weight excluding hydrogens is 304 g/mol.